The average Bonchev–Trinajstić information content (AvgIpc) is 2.62. The maximum Gasteiger partial charge on any atom is 0.0999 e. The van der Waals surface area contributed by atoms with Crippen molar-refractivity contribution < 1.29 is 0 Å². The second-order valence-corrected chi connectivity index (χ2v) is 3.79. The largest absolute Gasteiger partial charge is 0.353 e. The second-order valence-electron chi connectivity index (χ2n) is 2.87. The third-order valence-corrected chi connectivity index (χ3v) is 2.88. The molecule has 0 aliphatic rings. The average molecular weight is 180 g/mol. The number of hydrogen-bond acceptors (Lipinski definition) is 2. The van der Waals surface area contributed by atoms with E-state index in [1.807, 2.05) is 0 Å². The van der Waals surface area contributed by atoms with Crippen molar-refractivity contribution >= 4 is 21.6 Å². The molecule has 2 aromatic rings. The highest BCUT2D eigenvalue weighted by atomic mass is 32.1. The zero-order chi connectivity index (χ0) is 8.39. The van der Waals surface area contributed by atoms with Crippen molar-refractivity contribution in [2.45, 2.75) is 12.8 Å². The number of H-pyrrole nitrogens is 1. The van der Waals surface area contributed by atoms with Crippen LogP contribution in [0.2, 0.25) is 0 Å². The molecule has 0 fully saturated rings. The topological polar surface area (TPSA) is 41.8 Å². The lowest BCUT2D eigenvalue weighted by Gasteiger charge is -1.93. The van der Waals surface area contributed by atoms with Crippen LogP contribution in [-0.2, 0) is 6.42 Å². The van der Waals surface area contributed by atoms with Crippen LogP contribution in [0.25, 0.3) is 10.2 Å². The van der Waals surface area contributed by atoms with E-state index >= 15 is 0 Å². The summed E-state index contributed by atoms with van der Waals surface area (Å²) in [4.78, 5) is 4.53. The fourth-order valence-electron chi connectivity index (χ4n) is 1.40. The maximum absolute atomic E-state index is 5.46. The van der Waals surface area contributed by atoms with Gasteiger partial charge in [0.25, 0.3) is 0 Å². The Balaban J connectivity index is 2.28. The first-order valence-electron chi connectivity index (χ1n) is 4.15. The van der Waals surface area contributed by atoms with E-state index < -0.39 is 0 Å². The Morgan fingerprint density at radius 1 is 1.50 bits per heavy atom. The van der Waals surface area contributed by atoms with Crippen LogP contribution in [0.1, 0.15) is 12.0 Å². The lowest BCUT2D eigenvalue weighted by molar-refractivity contribution is 0.837. The lowest BCUT2D eigenvalue weighted by Crippen LogP contribution is -1.99. The van der Waals surface area contributed by atoms with E-state index in [0.717, 1.165) is 19.4 Å². The zero-order valence-electron chi connectivity index (χ0n) is 6.84. The predicted molar refractivity (Wildman–Crippen MR) is 53.6 cm³/mol. The normalized spacial score (nSPS) is 11.1. The van der Waals surface area contributed by atoms with Crippen molar-refractivity contribution in [2.24, 2.45) is 5.73 Å². The molecular formula is C9H12N2S. The highest BCUT2D eigenvalue weighted by Gasteiger charge is 2.02. The van der Waals surface area contributed by atoms with Gasteiger partial charge in [-0.3, -0.25) is 0 Å². The predicted octanol–water partition coefficient (Wildman–Crippen LogP) is 2.12. The number of aryl methyl sites for hydroxylation is 1. The van der Waals surface area contributed by atoms with Gasteiger partial charge in [0.15, 0.2) is 0 Å². The van der Waals surface area contributed by atoms with Gasteiger partial charge in [-0.15, -0.1) is 11.3 Å². The summed E-state index contributed by atoms with van der Waals surface area (Å²) in [5.41, 5.74) is 6.86. The van der Waals surface area contributed by atoms with Crippen molar-refractivity contribution in [3.8, 4) is 0 Å². The summed E-state index contributed by atoms with van der Waals surface area (Å²) in [5.74, 6) is 0. The highest BCUT2D eigenvalue weighted by molar-refractivity contribution is 7.16. The molecule has 0 bridgehead atoms. The van der Waals surface area contributed by atoms with Crippen LogP contribution in [0.4, 0.5) is 0 Å². The second kappa shape index (κ2) is 3.29. The van der Waals surface area contributed by atoms with Gasteiger partial charge >= 0.3 is 0 Å². The van der Waals surface area contributed by atoms with Gasteiger partial charge in [0.2, 0.25) is 0 Å². The highest BCUT2D eigenvalue weighted by Crippen LogP contribution is 2.23. The number of hydrogen-bond donors (Lipinski definition) is 2. The fraction of sp³-hybridized carbons (Fsp3) is 0.333. The van der Waals surface area contributed by atoms with Gasteiger partial charge < -0.3 is 10.7 Å². The Morgan fingerprint density at radius 2 is 2.42 bits per heavy atom. The van der Waals surface area contributed by atoms with Gasteiger partial charge in [0, 0.05) is 11.6 Å². The third kappa shape index (κ3) is 1.26. The van der Waals surface area contributed by atoms with Gasteiger partial charge in [-0.05, 0) is 36.4 Å². The van der Waals surface area contributed by atoms with E-state index in [2.05, 4.69) is 22.6 Å². The maximum atomic E-state index is 5.46. The van der Waals surface area contributed by atoms with Crippen LogP contribution in [0.3, 0.4) is 0 Å². The smallest absolute Gasteiger partial charge is 0.0999 e. The van der Waals surface area contributed by atoms with Gasteiger partial charge in [-0.1, -0.05) is 0 Å². The standard InChI is InChI=1S/C9H12N2S/c10-4-1-2-7-6-11-9-8(7)3-5-12-9/h3,5-6,11H,1-2,4,10H2. The van der Waals surface area contributed by atoms with Crippen LogP contribution >= 0.6 is 11.3 Å². The van der Waals surface area contributed by atoms with E-state index in [9.17, 15) is 0 Å². The Morgan fingerprint density at radius 3 is 3.25 bits per heavy atom. The molecular weight excluding hydrogens is 168 g/mol. The zero-order valence-corrected chi connectivity index (χ0v) is 7.66. The van der Waals surface area contributed by atoms with E-state index in [1.165, 1.54) is 15.8 Å². The molecule has 64 valence electrons. The van der Waals surface area contributed by atoms with Gasteiger partial charge in [0.05, 0.1) is 4.83 Å². The number of nitrogens with two attached hydrogens (primary N) is 1. The van der Waals surface area contributed by atoms with Crippen molar-refractivity contribution in [2.75, 3.05) is 6.54 Å². The monoisotopic (exact) mass is 180 g/mol. The molecule has 2 heterocycles. The molecule has 0 aromatic carbocycles. The van der Waals surface area contributed by atoms with Crippen LogP contribution in [-0.4, -0.2) is 11.5 Å². The van der Waals surface area contributed by atoms with Crippen LogP contribution < -0.4 is 5.73 Å². The first kappa shape index (κ1) is 7.83. The molecule has 0 atom stereocenters. The molecule has 0 aliphatic heterocycles. The first-order valence-corrected chi connectivity index (χ1v) is 5.03. The Bertz CT molecular complexity index is 361. The van der Waals surface area contributed by atoms with Crippen molar-refractivity contribution in [1.82, 2.24) is 4.98 Å². The Kier molecular flexibility index (Phi) is 2.15. The fourth-order valence-corrected chi connectivity index (χ4v) is 2.20. The molecule has 0 saturated carbocycles. The summed E-state index contributed by atoms with van der Waals surface area (Å²) in [5, 5.41) is 3.49. The number of fused-ring (bicyclic) bond motifs is 1. The van der Waals surface area contributed by atoms with E-state index in [1.54, 1.807) is 11.3 Å². The molecule has 0 spiro atoms. The molecule has 2 aromatic heterocycles. The van der Waals surface area contributed by atoms with E-state index in [4.69, 9.17) is 5.73 Å². The Labute approximate surface area is 75.4 Å². The number of aromatic amines is 1. The minimum atomic E-state index is 0.775. The molecule has 0 amide bonds. The van der Waals surface area contributed by atoms with Crippen molar-refractivity contribution in [3.63, 3.8) is 0 Å². The molecule has 3 N–H and O–H groups in total. The van der Waals surface area contributed by atoms with Crippen LogP contribution in [0.5, 0.6) is 0 Å². The third-order valence-electron chi connectivity index (χ3n) is 2.04. The molecule has 12 heavy (non-hydrogen) atoms. The summed E-state index contributed by atoms with van der Waals surface area (Å²) < 4.78 is 0. The van der Waals surface area contributed by atoms with Gasteiger partial charge in [-0.2, -0.15) is 0 Å². The molecule has 0 aliphatic carbocycles. The SMILES string of the molecule is NCCCc1c[nH]c2sccc12. The molecule has 3 heteroatoms. The van der Waals surface area contributed by atoms with Gasteiger partial charge in [0.1, 0.15) is 0 Å². The Hall–Kier alpha value is -0.800. The van der Waals surface area contributed by atoms with Crippen molar-refractivity contribution in [1.29, 1.82) is 0 Å². The molecule has 0 unspecified atom stereocenters. The molecule has 0 saturated heterocycles. The summed E-state index contributed by atoms with van der Waals surface area (Å²) in [6.45, 7) is 0.775. The summed E-state index contributed by atoms with van der Waals surface area (Å²) in [6, 6.07) is 2.17. The molecule has 2 nitrogen and oxygen atoms in total. The number of thiophene rings is 1. The summed E-state index contributed by atoms with van der Waals surface area (Å²) in [7, 11) is 0. The number of rotatable bonds is 3. The van der Waals surface area contributed by atoms with Crippen molar-refractivity contribution in [3.05, 3.63) is 23.2 Å². The lowest BCUT2D eigenvalue weighted by atomic mass is 10.1. The first-order chi connectivity index (χ1) is 5.92. The van der Waals surface area contributed by atoms with Gasteiger partial charge in [-0.25, -0.2) is 0 Å². The summed E-state index contributed by atoms with van der Waals surface area (Å²) >= 11 is 1.75. The number of aromatic nitrogens is 1. The van der Waals surface area contributed by atoms with E-state index in [-0.39, 0.29) is 0 Å². The van der Waals surface area contributed by atoms with E-state index in [0.29, 0.717) is 0 Å². The number of nitrogens with one attached hydrogen (secondary N) is 1. The molecule has 2 rings (SSSR count). The van der Waals surface area contributed by atoms with Crippen LogP contribution in [0, 0.1) is 0 Å². The summed E-state index contributed by atoms with van der Waals surface area (Å²) in [6.07, 6.45) is 4.26. The minimum Gasteiger partial charge on any atom is -0.353 e. The quantitative estimate of drug-likeness (QED) is 0.746. The van der Waals surface area contributed by atoms with Crippen LogP contribution in [0.15, 0.2) is 17.6 Å². The minimum absolute atomic E-state index is 0.775. The molecule has 0 radical (unpaired) electrons.